The Labute approximate surface area is 98.4 Å². The Kier molecular flexibility index (Phi) is 4.05. The van der Waals surface area contributed by atoms with Crippen LogP contribution in [-0.4, -0.2) is 6.54 Å². The van der Waals surface area contributed by atoms with Crippen LogP contribution in [0.2, 0.25) is 0 Å². The van der Waals surface area contributed by atoms with Crippen LogP contribution in [0.5, 0.6) is 0 Å². The van der Waals surface area contributed by atoms with Gasteiger partial charge in [-0.2, -0.15) is 0 Å². The van der Waals surface area contributed by atoms with Gasteiger partial charge >= 0.3 is 0 Å². The topological polar surface area (TPSA) is 25.2 Å². The van der Waals surface area contributed by atoms with Gasteiger partial charge in [0.05, 0.1) is 6.26 Å². The van der Waals surface area contributed by atoms with Crippen molar-refractivity contribution < 1.29 is 4.42 Å². The molecule has 16 heavy (non-hydrogen) atoms. The van der Waals surface area contributed by atoms with Crippen LogP contribution in [0.3, 0.4) is 0 Å². The van der Waals surface area contributed by atoms with Crippen LogP contribution < -0.4 is 5.32 Å². The molecule has 1 aromatic heterocycles. The van der Waals surface area contributed by atoms with Gasteiger partial charge in [0.25, 0.3) is 0 Å². The van der Waals surface area contributed by atoms with E-state index in [1.807, 2.05) is 6.26 Å². The Morgan fingerprint density at radius 3 is 2.75 bits per heavy atom. The largest absolute Gasteiger partial charge is 0.469 e. The minimum atomic E-state index is 0.492. The SMILES string of the molecule is CCNC(CC1CCCC1)c1ccoc1C. The molecule has 1 fully saturated rings. The van der Waals surface area contributed by atoms with Gasteiger partial charge in [0.2, 0.25) is 0 Å². The standard InChI is InChI=1S/C14H23NO/c1-3-15-14(10-12-6-4-5-7-12)13-8-9-16-11(13)2/h8-9,12,14-15H,3-7,10H2,1-2H3. The molecule has 1 atom stereocenters. The van der Waals surface area contributed by atoms with Crippen LogP contribution in [0.4, 0.5) is 0 Å². The first-order chi connectivity index (χ1) is 7.81. The van der Waals surface area contributed by atoms with Crippen LogP contribution in [0.25, 0.3) is 0 Å². The van der Waals surface area contributed by atoms with E-state index in [0.29, 0.717) is 6.04 Å². The summed E-state index contributed by atoms with van der Waals surface area (Å²) < 4.78 is 5.42. The van der Waals surface area contributed by atoms with Gasteiger partial charge in [-0.15, -0.1) is 0 Å². The van der Waals surface area contributed by atoms with Crippen LogP contribution in [0, 0.1) is 12.8 Å². The number of hydrogen-bond acceptors (Lipinski definition) is 2. The summed E-state index contributed by atoms with van der Waals surface area (Å²) in [5.41, 5.74) is 1.36. The first kappa shape index (κ1) is 11.7. The summed E-state index contributed by atoms with van der Waals surface area (Å²) in [6.07, 6.45) is 8.76. The zero-order chi connectivity index (χ0) is 11.4. The number of furan rings is 1. The van der Waals surface area contributed by atoms with Crippen molar-refractivity contribution in [2.45, 2.75) is 52.0 Å². The van der Waals surface area contributed by atoms with Crippen molar-refractivity contribution in [2.75, 3.05) is 6.54 Å². The summed E-state index contributed by atoms with van der Waals surface area (Å²) in [5.74, 6) is 1.99. The summed E-state index contributed by atoms with van der Waals surface area (Å²) in [4.78, 5) is 0. The number of hydrogen-bond donors (Lipinski definition) is 1. The highest BCUT2D eigenvalue weighted by atomic mass is 16.3. The zero-order valence-electron chi connectivity index (χ0n) is 10.5. The summed E-state index contributed by atoms with van der Waals surface area (Å²) in [6.45, 7) is 5.27. The molecule has 2 heteroatoms. The Hall–Kier alpha value is -0.760. The molecule has 0 bridgehead atoms. The van der Waals surface area contributed by atoms with Gasteiger partial charge in [-0.25, -0.2) is 0 Å². The lowest BCUT2D eigenvalue weighted by Crippen LogP contribution is -2.23. The number of aryl methyl sites for hydroxylation is 1. The van der Waals surface area contributed by atoms with Gasteiger partial charge < -0.3 is 9.73 Å². The number of nitrogens with one attached hydrogen (secondary N) is 1. The average Bonchev–Trinajstić information content (AvgIpc) is 2.88. The quantitative estimate of drug-likeness (QED) is 0.817. The van der Waals surface area contributed by atoms with Gasteiger partial charge in [0, 0.05) is 11.6 Å². The van der Waals surface area contributed by atoms with Crippen molar-refractivity contribution in [3.63, 3.8) is 0 Å². The highest BCUT2D eigenvalue weighted by Crippen LogP contribution is 2.34. The lowest BCUT2D eigenvalue weighted by atomic mass is 9.94. The molecule has 90 valence electrons. The molecule has 2 rings (SSSR count). The number of rotatable bonds is 5. The third kappa shape index (κ3) is 2.67. The molecule has 1 saturated carbocycles. The van der Waals surface area contributed by atoms with Crippen molar-refractivity contribution in [1.29, 1.82) is 0 Å². The summed E-state index contributed by atoms with van der Waals surface area (Å²) in [5, 5.41) is 3.59. The van der Waals surface area contributed by atoms with E-state index in [-0.39, 0.29) is 0 Å². The predicted octanol–water partition coefficient (Wildman–Crippen LogP) is 3.82. The minimum Gasteiger partial charge on any atom is -0.469 e. The molecule has 0 aromatic carbocycles. The highest BCUT2D eigenvalue weighted by Gasteiger charge is 2.22. The average molecular weight is 221 g/mol. The summed E-state index contributed by atoms with van der Waals surface area (Å²) in [6, 6.07) is 2.62. The van der Waals surface area contributed by atoms with Crippen LogP contribution >= 0.6 is 0 Å². The second-order valence-corrected chi connectivity index (χ2v) is 4.93. The molecular formula is C14H23NO. The Morgan fingerprint density at radius 1 is 1.44 bits per heavy atom. The molecule has 2 nitrogen and oxygen atoms in total. The molecule has 0 radical (unpaired) electrons. The molecule has 0 spiro atoms. The molecule has 1 heterocycles. The molecule has 1 unspecified atom stereocenters. The fraction of sp³-hybridized carbons (Fsp3) is 0.714. The van der Waals surface area contributed by atoms with Gasteiger partial charge in [-0.1, -0.05) is 32.6 Å². The third-order valence-electron chi connectivity index (χ3n) is 3.77. The van der Waals surface area contributed by atoms with E-state index in [1.54, 1.807) is 0 Å². The highest BCUT2D eigenvalue weighted by molar-refractivity contribution is 5.20. The van der Waals surface area contributed by atoms with Crippen molar-refractivity contribution >= 4 is 0 Å². The second kappa shape index (κ2) is 5.53. The Balaban J connectivity index is 2.01. The van der Waals surface area contributed by atoms with Gasteiger partial charge in [0.1, 0.15) is 5.76 Å². The van der Waals surface area contributed by atoms with Crippen LogP contribution in [0.1, 0.15) is 56.4 Å². The van der Waals surface area contributed by atoms with Crippen molar-refractivity contribution in [1.82, 2.24) is 5.32 Å². The van der Waals surface area contributed by atoms with E-state index in [0.717, 1.165) is 18.2 Å². The van der Waals surface area contributed by atoms with Crippen LogP contribution in [-0.2, 0) is 0 Å². The van der Waals surface area contributed by atoms with Gasteiger partial charge in [-0.05, 0) is 31.9 Å². The predicted molar refractivity (Wildman–Crippen MR) is 66.4 cm³/mol. The normalized spacial score (nSPS) is 19.1. The molecule has 0 saturated heterocycles. The fourth-order valence-corrected chi connectivity index (χ4v) is 2.90. The molecule has 0 aliphatic heterocycles. The maximum Gasteiger partial charge on any atom is 0.105 e. The van der Waals surface area contributed by atoms with Crippen molar-refractivity contribution in [2.24, 2.45) is 5.92 Å². The second-order valence-electron chi connectivity index (χ2n) is 4.93. The molecule has 0 amide bonds. The Bertz CT molecular complexity index is 312. The first-order valence-corrected chi connectivity index (χ1v) is 6.58. The van der Waals surface area contributed by atoms with Crippen molar-refractivity contribution in [3.8, 4) is 0 Å². The third-order valence-corrected chi connectivity index (χ3v) is 3.77. The van der Waals surface area contributed by atoms with E-state index in [1.165, 1.54) is 37.7 Å². The van der Waals surface area contributed by atoms with Crippen molar-refractivity contribution in [3.05, 3.63) is 23.7 Å². The van der Waals surface area contributed by atoms with Gasteiger partial charge in [-0.3, -0.25) is 0 Å². The van der Waals surface area contributed by atoms with E-state index >= 15 is 0 Å². The van der Waals surface area contributed by atoms with E-state index in [9.17, 15) is 0 Å². The van der Waals surface area contributed by atoms with Gasteiger partial charge in [0.15, 0.2) is 0 Å². The lowest BCUT2D eigenvalue weighted by Gasteiger charge is -2.21. The maximum atomic E-state index is 5.42. The summed E-state index contributed by atoms with van der Waals surface area (Å²) >= 11 is 0. The Morgan fingerprint density at radius 2 is 2.19 bits per heavy atom. The monoisotopic (exact) mass is 221 g/mol. The maximum absolute atomic E-state index is 5.42. The molecule has 1 aliphatic carbocycles. The molecular weight excluding hydrogens is 198 g/mol. The van der Waals surface area contributed by atoms with E-state index in [4.69, 9.17) is 4.42 Å². The first-order valence-electron chi connectivity index (χ1n) is 6.58. The smallest absolute Gasteiger partial charge is 0.105 e. The summed E-state index contributed by atoms with van der Waals surface area (Å²) in [7, 11) is 0. The minimum absolute atomic E-state index is 0.492. The molecule has 1 aliphatic rings. The van der Waals surface area contributed by atoms with E-state index < -0.39 is 0 Å². The lowest BCUT2D eigenvalue weighted by molar-refractivity contribution is 0.395. The fourth-order valence-electron chi connectivity index (χ4n) is 2.90. The van der Waals surface area contributed by atoms with Crippen LogP contribution in [0.15, 0.2) is 16.7 Å². The molecule has 1 aromatic rings. The zero-order valence-corrected chi connectivity index (χ0v) is 10.5. The van der Waals surface area contributed by atoms with E-state index in [2.05, 4.69) is 25.2 Å². The molecule has 1 N–H and O–H groups in total.